The number of hydrogen-bond acceptors (Lipinski definition) is 6. The summed E-state index contributed by atoms with van der Waals surface area (Å²) in [6.45, 7) is 0.356. The average molecular weight is 319 g/mol. The Balaban J connectivity index is 2.42. The van der Waals surface area contributed by atoms with E-state index in [2.05, 4.69) is 0 Å². The SMILES string of the molecule is NCC1CN(S(=O)(=O)c2ccc(F)cc2[N+](=O)[O-])CCO1. The molecule has 1 aliphatic rings. The Labute approximate surface area is 120 Å². The summed E-state index contributed by atoms with van der Waals surface area (Å²) in [6, 6.07) is 2.37. The first-order valence-electron chi connectivity index (χ1n) is 6.12. The second-order valence-electron chi connectivity index (χ2n) is 4.46. The van der Waals surface area contributed by atoms with Gasteiger partial charge in [0.1, 0.15) is 5.82 Å². The molecule has 1 atom stereocenters. The Morgan fingerprint density at radius 2 is 2.24 bits per heavy atom. The van der Waals surface area contributed by atoms with Gasteiger partial charge in [0.15, 0.2) is 4.90 Å². The normalized spacial score (nSPS) is 20.4. The number of nitro benzene ring substituents is 1. The van der Waals surface area contributed by atoms with Crippen molar-refractivity contribution in [1.29, 1.82) is 0 Å². The van der Waals surface area contributed by atoms with E-state index in [1.54, 1.807) is 0 Å². The van der Waals surface area contributed by atoms with E-state index in [1.165, 1.54) is 0 Å². The average Bonchev–Trinajstić information content (AvgIpc) is 2.46. The number of morpholine rings is 1. The number of ether oxygens (including phenoxy) is 1. The van der Waals surface area contributed by atoms with E-state index in [-0.39, 0.29) is 26.2 Å². The fraction of sp³-hybridized carbons (Fsp3) is 0.455. The standard InChI is InChI=1S/C11H14FN3O5S/c12-8-1-2-11(10(5-8)15(16)17)21(18,19)14-3-4-20-9(6-13)7-14/h1-2,5,9H,3-4,6-7,13H2. The van der Waals surface area contributed by atoms with Crippen molar-refractivity contribution in [2.24, 2.45) is 5.73 Å². The quantitative estimate of drug-likeness (QED) is 0.621. The van der Waals surface area contributed by atoms with Gasteiger partial charge in [-0.2, -0.15) is 4.31 Å². The Kier molecular flexibility index (Phi) is 4.52. The second kappa shape index (κ2) is 6.02. The highest BCUT2D eigenvalue weighted by molar-refractivity contribution is 7.89. The van der Waals surface area contributed by atoms with Crippen molar-refractivity contribution in [2.75, 3.05) is 26.2 Å². The molecule has 2 rings (SSSR count). The molecule has 21 heavy (non-hydrogen) atoms. The maximum atomic E-state index is 13.1. The number of halogens is 1. The molecule has 1 saturated heterocycles. The van der Waals surface area contributed by atoms with Gasteiger partial charge in [-0.05, 0) is 12.1 Å². The maximum Gasteiger partial charge on any atom is 0.292 e. The monoisotopic (exact) mass is 319 g/mol. The molecule has 1 aromatic carbocycles. The molecule has 0 bridgehead atoms. The van der Waals surface area contributed by atoms with Crippen molar-refractivity contribution < 1.29 is 22.5 Å². The first-order chi connectivity index (χ1) is 9.86. The van der Waals surface area contributed by atoms with Crippen LogP contribution in [0.1, 0.15) is 0 Å². The van der Waals surface area contributed by atoms with E-state index in [0.717, 1.165) is 16.4 Å². The maximum absolute atomic E-state index is 13.1. The third-order valence-electron chi connectivity index (χ3n) is 3.10. The Morgan fingerprint density at radius 3 is 2.86 bits per heavy atom. The van der Waals surface area contributed by atoms with E-state index >= 15 is 0 Å². The van der Waals surface area contributed by atoms with Crippen LogP contribution in [0.5, 0.6) is 0 Å². The lowest BCUT2D eigenvalue weighted by atomic mass is 10.3. The summed E-state index contributed by atoms with van der Waals surface area (Å²) in [5.41, 5.74) is 4.65. The van der Waals surface area contributed by atoms with Crippen LogP contribution in [0, 0.1) is 15.9 Å². The lowest BCUT2D eigenvalue weighted by molar-refractivity contribution is -0.388. The zero-order chi connectivity index (χ0) is 15.6. The molecule has 1 heterocycles. The van der Waals surface area contributed by atoms with Crippen LogP contribution in [0.25, 0.3) is 0 Å². The Morgan fingerprint density at radius 1 is 1.52 bits per heavy atom. The van der Waals surface area contributed by atoms with Crippen LogP contribution >= 0.6 is 0 Å². The summed E-state index contributed by atoms with van der Waals surface area (Å²) >= 11 is 0. The summed E-state index contributed by atoms with van der Waals surface area (Å²) in [7, 11) is -4.11. The van der Waals surface area contributed by atoms with E-state index in [9.17, 15) is 22.9 Å². The van der Waals surface area contributed by atoms with Gasteiger partial charge in [0.05, 0.1) is 23.7 Å². The van der Waals surface area contributed by atoms with Crippen LogP contribution in [0.2, 0.25) is 0 Å². The number of rotatable bonds is 4. The molecule has 0 spiro atoms. The fourth-order valence-electron chi connectivity index (χ4n) is 2.04. The van der Waals surface area contributed by atoms with Gasteiger partial charge in [-0.25, -0.2) is 12.8 Å². The van der Waals surface area contributed by atoms with Gasteiger partial charge < -0.3 is 10.5 Å². The van der Waals surface area contributed by atoms with E-state index in [0.29, 0.717) is 6.07 Å². The van der Waals surface area contributed by atoms with E-state index in [4.69, 9.17) is 10.5 Å². The number of nitrogens with zero attached hydrogens (tertiary/aromatic N) is 2. The summed E-state index contributed by atoms with van der Waals surface area (Å²) in [5, 5.41) is 10.9. The highest BCUT2D eigenvalue weighted by Crippen LogP contribution is 2.28. The van der Waals surface area contributed by atoms with Gasteiger partial charge in [-0.15, -0.1) is 0 Å². The molecule has 0 saturated carbocycles. The molecule has 1 aliphatic heterocycles. The van der Waals surface area contributed by atoms with Gasteiger partial charge in [0.25, 0.3) is 5.69 Å². The van der Waals surface area contributed by atoms with Crippen molar-refractivity contribution in [3.8, 4) is 0 Å². The van der Waals surface area contributed by atoms with Crippen LogP contribution in [0.4, 0.5) is 10.1 Å². The molecule has 116 valence electrons. The molecule has 1 aromatic rings. The lowest BCUT2D eigenvalue weighted by Gasteiger charge is -2.31. The van der Waals surface area contributed by atoms with Crippen LogP contribution in [-0.4, -0.2) is 50.0 Å². The van der Waals surface area contributed by atoms with Crippen molar-refractivity contribution in [2.45, 2.75) is 11.0 Å². The largest absolute Gasteiger partial charge is 0.374 e. The van der Waals surface area contributed by atoms with Crippen molar-refractivity contribution in [3.05, 3.63) is 34.1 Å². The molecule has 0 aromatic heterocycles. The Hall–Kier alpha value is -1.62. The zero-order valence-electron chi connectivity index (χ0n) is 10.9. The predicted molar refractivity (Wildman–Crippen MR) is 70.6 cm³/mol. The molecule has 0 amide bonds. The number of benzene rings is 1. The van der Waals surface area contributed by atoms with Gasteiger partial charge in [-0.1, -0.05) is 0 Å². The summed E-state index contributed by atoms with van der Waals surface area (Å²) in [6.07, 6.45) is -0.465. The van der Waals surface area contributed by atoms with Crippen LogP contribution < -0.4 is 5.73 Å². The van der Waals surface area contributed by atoms with E-state index < -0.39 is 37.5 Å². The minimum absolute atomic E-state index is 0.00731. The highest BCUT2D eigenvalue weighted by atomic mass is 32.2. The Bertz CT molecular complexity index is 651. The topological polar surface area (TPSA) is 116 Å². The van der Waals surface area contributed by atoms with Crippen molar-refractivity contribution in [3.63, 3.8) is 0 Å². The van der Waals surface area contributed by atoms with Crippen molar-refractivity contribution in [1.82, 2.24) is 4.31 Å². The number of nitro groups is 1. The van der Waals surface area contributed by atoms with Gasteiger partial charge >= 0.3 is 0 Å². The lowest BCUT2D eigenvalue weighted by Crippen LogP contribution is -2.48. The van der Waals surface area contributed by atoms with E-state index in [1.807, 2.05) is 0 Å². The molecule has 10 heteroatoms. The predicted octanol–water partition coefficient (Wildman–Crippen LogP) is 0.0821. The highest BCUT2D eigenvalue weighted by Gasteiger charge is 2.35. The zero-order valence-corrected chi connectivity index (χ0v) is 11.8. The smallest absolute Gasteiger partial charge is 0.292 e. The minimum atomic E-state index is -4.11. The molecule has 1 unspecified atom stereocenters. The summed E-state index contributed by atoms with van der Waals surface area (Å²) < 4.78 is 44.4. The van der Waals surface area contributed by atoms with Gasteiger partial charge in [0.2, 0.25) is 10.0 Å². The fourth-order valence-corrected chi connectivity index (χ4v) is 3.64. The second-order valence-corrected chi connectivity index (χ2v) is 6.37. The van der Waals surface area contributed by atoms with Gasteiger partial charge in [-0.3, -0.25) is 10.1 Å². The van der Waals surface area contributed by atoms with Gasteiger partial charge in [0, 0.05) is 19.6 Å². The molecule has 0 radical (unpaired) electrons. The van der Waals surface area contributed by atoms with Crippen LogP contribution in [-0.2, 0) is 14.8 Å². The molecule has 1 fully saturated rings. The first kappa shape index (κ1) is 15.8. The number of sulfonamides is 1. The molecular formula is C11H14FN3O5S. The minimum Gasteiger partial charge on any atom is -0.374 e. The molecular weight excluding hydrogens is 305 g/mol. The summed E-state index contributed by atoms with van der Waals surface area (Å²) in [5.74, 6) is -0.873. The summed E-state index contributed by atoms with van der Waals surface area (Å²) in [4.78, 5) is 9.48. The third-order valence-corrected chi connectivity index (χ3v) is 5.01. The van der Waals surface area contributed by atoms with Crippen LogP contribution in [0.15, 0.2) is 23.1 Å². The first-order valence-corrected chi connectivity index (χ1v) is 7.56. The van der Waals surface area contributed by atoms with Crippen molar-refractivity contribution >= 4 is 15.7 Å². The molecule has 8 nitrogen and oxygen atoms in total. The third kappa shape index (κ3) is 3.18. The number of nitrogens with two attached hydrogens (primary N) is 1. The van der Waals surface area contributed by atoms with Crippen LogP contribution in [0.3, 0.4) is 0 Å². The number of hydrogen-bond donors (Lipinski definition) is 1. The molecule has 0 aliphatic carbocycles. The molecule has 2 N–H and O–H groups in total.